The Kier molecular flexibility index (Phi) is 6.38. The van der Waals surface area contributed by atoms with E-state index in [1.54, 1.807) is 49.3 Å². The molecule has 2 atom stereocenters. The second-order valence-electron chi connectivity index (χ2n) is 8.32. The Bertz CT molecular complexity index is 1170. The van der Waals surface area contributed by atoms with Crippen LogP contribution in [0.1, 0.15) is 36.5 Å². The highest BCUT2D eigenvalue weighted by molar-refractivity contribution is 6.35. The van der Waals surface area contributed by atoms with Crippen molar-refractivity contribution in [3.63, 3.8) is 0 Å². The van der Waals surface area contributed by atoms with Crippen molar-refractivity contribution in [2.75, 3.05) is 13.7 Å². The van der Waals surface area contributed by atoms with E-state index in [9.17, 15) is 9.59 Å². The first-order valence-electron chi connectivity index (χ1n) is 10.7. The number of ether oxygens (including phenoxy) is 1. The third-order valence-corrected chi connectivity index (χ3v) is 6.67. The van der Waals surface area contributed by atoms with Crippen molar-refractivity contribution in [2.45, 2.75) is 37.8 Å². The molecule has 0 radical (unpaired) electrons. The molecule has 1 N–H and O–H groups in total. The van der Waals surface area contributed by atoms with Crippen LogP contribution in [0, 0.1) is 11.3 Å². The number of nitriles is 1. The van der Waals surface area contributed by atoms with Crippen LogP contribution in [0.3, 0.4) is 0 Å². The minimum Gasteiger partial charge on any atom is -0.498 e. The van der Waals surface area contributed by atoms with Crippen LogP contribution >= 0.6 is 23.2 Å². The molecule has 8 heteroatoms. The van der Waals surface area contributed by atoms with Gasteiger partial charge in [0, 0.05) is 41.9 Å². The lowest BCUT2D eigenvalue weighted by Crippen LogP contribution is -2.45. The Hall–Kier alpha value is -3.01. The van der Waals surface area contributed by atoms with Crippen LogP contribution in [0.2, 0.25) is 10.0 Å². The number of nitrogens with zero attached hydrogens (tertiary/aromatic N) is 2. The number of carbonyl (C=O) groups is 2. The monoisotopic (exact) mass is 483 g/mol. The van der Waals surface area contributed by atoms with Gasteiger partial charge in [-0.1, -0.05) is 42.3 Å². The fourth-order valence-corrected chi connectivity index (χ4v) is 5.41. The van der Waals surface area contributed by atoms with Gasteiger partial charge in [-0.3, -0.25) is 9.59 Å². The summed E-state index contributed by atoms with van der Waals surface area (Å²) in [5.41, 5.74) is 1.75. The fraction of sp³-hybridized carbons (Fsp3) is 0.320. The van der Waals surface area contributed by atoms with E-state index < -0.39 is 5.54 Å². The number of carbonyl (C=O) groups excluding carboxylic acids is 2. The van der Waals surface area contributed by atoms with Crippen molar-refractivity contribution in [3.05, 3.63) is 75.0 Å². The van der Waals surface area contributed by atoms with Gasteiger partial charge in [-0.15, -0.1) is 0 Å². The first-order valence-corrected chi connectivity index (χ1v) is 11.4. The molecular weight excluding hydrogens is 461 g/mol. The molecule has 2 aliphatic heterocycles. The van der Waals surface area contributed by atoms with Gasteiger partial charge in [-0.2, -0.15) is 5.26 Å². The zero-order valence-electron chi connectivity index (χ0n) is 18.3. The molecule has 1 fully saturated rings. The second-order valence-corrected chi connectivity index (χ2v) is 9.19. The minimum atomic E-state index is -0.782. The van der Waals surface area contributed by atoms with Gasteiger partial charge in [0.25, 0.3) is 5.91 Å². The average Bonchev–Trinajstić information content (AvgIpc) is 3.24. The first kappa shape index (κ1) is 23.2. The zero-order valence-corrected chi connectivity index (χ0v) is 19.8. The number of halogens is 2. The van der Waals surface area contributed by atoms with Gasteiger partial charge < -0.3 is 15.0 Å². The van der Waals surface area contributed by atoms with Crippen LogP contribution < -0.4 is 5.32 Å². The Morgan fingerprint density at radius 1 is 1.24 bits per heavy atom. The summed E-state index contributed by atoms with van der Waals surface area (Å²) in [7, 11) is 1.55. The molecule has 2 heterocycles. The second kappa shape index (κ2) is 9.09. The number of hydrogen-bond donors (Lipinski definition) is 1. The molecule has 33 heavy (non-hydrogen) atoms. The largest absolute Gasteiger partial charge is 0.498 e. The van der Waals surface area contributed by atoms with E-state index in [0.717, 1.165) is 5.56 Å². The maximum absolute atomic E-state index is 13.7. The maximum Gasteiger partial charge on any atom is 0.258 e. The van der Waals surface area contributed by atoms with Gasteiger partial charge >= 0.3 is 0 Å². The topological polar surface area (TPSA) is 82.4 Å². The molecule has 0 saturated carbocycles. The summed E-state index contributed by atoms with van der Waals surface area (Å²) in [6, 6.07) is 14.2. The van der Waals surface area contributed by atoms with E-state index >= 15 is 0 Å². The van der Waals surface area contributed by atoms with Gasteiger partial charge in [0.15, 0.2) is 0 Å². The summed E-state index contributed by atoms with van der Waals surface area (Å²) in [6.45, 7) is 2.16. The van der Waals surface area contributed by atoms with E-state index in [1.807, 2.05) is 12.1 Å². The van der Waals surface area contributed by atoms with Gasteiger partial charge in [0.1, 0.15) is 11.3 Å². The predicted molar refractivity (Wildman–Crippen MR) is 127 cm³/mol. The van der Waals surface area contributed by atoms with E-state index in [1.165, 1.54) is 0 Å². The SMILES string of the molecule is CCC(=O)NC1CN2C(=O)C(c3cc(Cl)cc(Cl)c3)=C(OC)C2(Cc2ccc(C#N)cc2)C1. The standard InChI is InChI=1S/C25H23Cl2N3O3/c1-3-21(31)29-20-12-25(11-15-4-6-16(13-28)7-5-15)23(33-2)22(24(32)30(25)14-20)17-8-18(26)10-19(27)9-17/h4-10,20H,3,11-12,14H2,1-2H3,(H,29,31). The Morgan fingerprint density at radius 3 is 2.48 bits per heavy atom. The van der Waals surface area contributed by atoms with Crippen molar-refractivity contribution in [2.24, 2.45) is 0 Å². The molecule has 4 rings (SSSR count). The van der Waals surface area contributed by atoms with Crippen LogP contribution in [-0.4, -0.2) is 41.9 Å². The van der Waals surface area contributed by atoms with E-state index in [2.05, 4.69) is 11.4 Å². The molecule has 1 saturated heterocycles. The minimum absolute atomic E-state index is 0.0630. The molecule has 170 valence electrons. The molecular formula is C25H23Cl2N3O3. The molecule has 2 unspecified atom stereocenters. The summed E-state index contributed by atoms with van der Waals surface area (Å²) >= 11 is 12.5. The summed E-state index contributed by atoms with van der Waals surface area (Å²) < 4.78 is 5.91. The number of nitrogens with one attached hydrogen (secondary N) is 1. The zero-order chi connectivity index (χ0) is 23.8. The van der Waals surface area contributed by atoms with Gasteiger partial charge in [-0.05, 0) is 41.5 Å². The molecule has 0 spiro atoms. The number of hydrogen-bond acceptors (Lipinski definition) is 4. The van der Waals surface area contributed by atoms with Crippen LogP contribution in [0.15, 0.2) is 48.2 Å². The number of rotatable bonds is 6. The quantitative estimate of drug-likeness (QED) is 0.661. The summed E-state index contributed by atoms with van der Waals surface area (Å²) in [5.74, 6) is 0.280. The number of fused-ring (bicyclic) bond motifs is 1. The Balaban J connectivity index is 1.83. The smallest absolute Gasteiger partial charge is 0.258 e. The third kappa shape index (κ3) is 4.19. The fourth-order valence-electron chi connectivity index (χ4n) is 4.89. The van der Waals surface area contributed by atoms with Crippen molar-refractivity contribution in [1.82, 2.24) is 10.2 Å². The highest BCUT2D eigenvalue weighted by atomic mass is 35.5. The van der Waals surface area contributed by atoms with Gasteiger partial charge in [0.05, 0.1) is 24.3 Å². The molecule has 2 aliphatic rings. The van der Waals surface area contributed by atoms with Crippen molar-refractivity contribution >= 4 is 40.6 Å². The third-order valence-electron chi connectivity index (χ3n) is 6.23. The normalized spacial score (nSPS) is 21.7. The van der Waals surface area contributed by atoms with E-state index in [-0.39, 0.29) is 17.9 Å². The molecule has 6 nitrogen and oxygen atoms in total. The Labute approximate surface area is 202 Å². The predicted octanol–water partition coefficient (Wildman–Crippen LogP) is 4.34. The molecule has 0 aromatic heterocycles. The summed E-state index contributed by atoms with van der Waals surface area (Å²) in [5, 5.41) is 13.0. The number of benzene rings is 2. The van der Waals surface area contributed by atoms with Gasteiger partial charge in [0.2, 0.25) is 5.91 Å². The molecule has 2 amide bonds. The molecule has 2 aromatic carbocycles. The average molecular weight is 484 g/mol. The van der Waals surface area contributed by atoms with Gasteiger partial charge in [-0.25, -0.2) is 0 Å². The lowest BCUT2D eigenvalue weighted by molar-refractivity contribution is -0.127. The number of amides is 2. The van der Waals surface area contributed by atoms with Crippen LogP contribution in [0.5, 0.6) is 0 Å². The summed E-state index contributed by atoms with van der Waals surface area (Å²) in [6.07, 6.45) is 1.35. The van der Waals surface area contributed by atoms with E-state index in [4.69, 9.17) is 33.2 Å². The van der Waals surface area contributed by atoms with Crippen LogP contribution in [0.4, 0.5) is 0 Å². The molecule has 0 aliphatic carbocycles. The van der Waals surface area contributed by atoms with E-state index in [0.29, 0.717) is 58.3 Å². The Morgan fingerprint density at radius 2 is 1.91 bits per heavy atom. The lowest BCUT2D eigenvalue weighted by atomic mass is 9.85. The molecule has 0 bridgehead atoms. The highest BCUT2D eigenvalue weighted by Crippen LogP contribution is 2.49. The van der Waals surface area contributed by atoms with Crippen molar-refractivity contribution in [3.8, 4) is 6.07 Å². The van der Waals surface area contributed by atoms with Crippen molar-refractivity contribution in [1.29, 1.82) is 5.26 Å². The highest BCUT2D eigenvalue weighted by Gasteiger charge is 2.58. The molecule has 2 aromatic rings. The first-order chi connectivity index (χ1) is 15.8. The maximum atomic E-state index is 13.7. The number of methoxy groups -OCH3 is 1. The van der Waals surface area contributed by atoms with Crippen molar-refractivity contribution < 1.29 is 14.3 Å². The lowest BCUT2D eigenvalue weighted by Gasteiger charge is -2.34. The summed E-state index contributed by atoms with van der Waals surface area (Å²) in [4.78, 5) is 27.6. The van der Waals surface area contributed by atoms with Crippen LogP contribution in [-0.2, 0) is 20.7 Å². The van der Waals surface area contributed by atoms with Crippen LogP contribution in [0.25, 0.3) is 5.57 Å².